The van der Waals surface area contributed by atoms with Gasteiger partial charge in [-0.05, 0) is 17.5 Å². The van der Waals surface area contributed by atoms with Crippen molar-refractivity contribution in [2.45, 2.75) is 13.0 Å². The van der Waals surface area contributed by atoms with Gasteiger partial charge in [0.2, 0.25) is 5.91 Å². The fourth-order valence-electron chi connectivity index (χ4n) is 2.97. The smallest absolute Gasteiger partial charge is 0.246 e. The number of rotatable bonds is 3. The molecule has 0 fully saturated rings. The Kier molecular flexibility index (Phi) is 4.15. The SMILES string of the molecule is Cn1cc(-c2ncnc3c2CN(C(=O)/C=C/c2cccs2)CC3)cn1. The molecule has 0 aliphatic carbocycles. The van der Waals surface area contributed by atoms with E-state index >= 15 is 0 Å². The highest BCUT2D eigenvalue weighted by molar-refractivity contribution is 7.10. The van der Waals surface area contributed by atoms with Gasteiger partial charge in [-0.25, -0.2) is 9.97 Å². The molecule has 3 aromatic rings. The molecule has 0 saturated carbocycles. The molecular formula is C18H17N5OS. The second-order valence-electron chi connectivity index (χ2n) is 5.91. The van der Waals surface area contributed by atoms with Crippen LogP contribution in [0.4, 0.5) is 0 Å². The zero-order valence-corrected chi connectivity index (χ0v) is 14.6. The van der Waals surface area contributed by atoms with Crippen molar-refractivity contribution in [2.75, 3.05) is 6.54 Å². The first-order valence-electron chi connectivity index (χ1n) is 8.03. The molecule has 7 heteroatoms. The molecule has 1 aliphatic heterocycles. The Morgan fingerprint density at radius 1 is 1.36 bits per heavy atom. The Morgan fingerprint density at radius 2 is 2.28 bits per heavy atom. The summed E-state index contributed by atoms with van der Waals surface area (Å²) in [5, 5.41) is 6.22. The van der Waals surface area contributed by atoms with Gasteiger partial charge in [0.15, 0.2) is 0 Å². The van der Waals surface area contributed by atoms with Gasteiger partial charge >= 0.3 is 0 Å². The monoisotopic (exact) mass is 351 g/mol. The van der Waals surface area contributed by atoms with Crippen molar-refractivity contribution in [3.8, 4) is 11.3 Å². The van der Waals surface area contributed by atoms with Crippen LogP contribution in [-0.4, -0.2) is 37.1 Å². The average molecular weight is 351 g/mol. The lowest BCUT2D eigenvalue weighted by Gasteiger charge is -2.28. The van der Waals surface area contributed by atoms with Gasteiger partial charge < -0.3 is 4.90 Å². The molecule has 6 nitrogen and oxygen atoms in total. The molecule has 3 aromatic heterocycles. The Morgan fingerprint density at radius 3 is 3.04 bits per heavy atom. The van der Waals surface area contributed by atoms with E-state index in [0.717, 1.165) is 33.8 Å². The van der Waals surface area contributed by atoms with Gasteiger partial charge in [-0.1, -0.05) is 6.07 Å². The van der Waals surface area contributed by atoms with Gasteiger partial charge in [-0.15, -0.1) is 11.3 Å². The summed E-state index contributed by atoms with van der Waals surface area (Å²) >= 11 is 1.62. The zero-order valence-electron chi connectivity index (χ0n) is 13.8. The topological polar surface area (TPSA) is 63.9 Å². The minimum Gasteiger partial charge on any atom is -0.334 e. The van der Waals surface area contributed by atoms with Crippen LogP contribution in [0.1, 0.15) is 16.1 Å². The molecule has 0 spiro atoms. The first kappa shape index (κ1) is 15.7. The molecule has 0 radical (unpaired) electrons. The van der Waals surface area contributed by atoms with Crippen molar-refractivity contribution < 1.29 is 4.79 Å². The summed E-state index contributed by atoms with van der Waals surface area (Å²) in [7, 11) is 1.88. The van der Waals surface area contributed by atoms with Gasteiger partial charge in [0.1, 0.15) is 6.33 Å². The van der Waals surface area contributed by atoms with Crippen LogP contribution in [-0.2, 0) is 24.8 Å². The average Bonchev–Trinajstić information content (AvgIpc) is 3.30. The number of aromatic nitrogens is 4. The lowest BCUT2D eigenvalue weighted by atomic mass is 10.0. The molecule has 0 atom stereocenters. The summed E-state index contributed by atoms with van der Waals surface area (Å²) in [6.45, 7) is 1.19. The van der Waals surface area contributed by atoms with E-state index in [1.54, 1.807) is 34.6 Å². The normalized spacial score (nSPS) is 14.0. The summed E-state index contributed by atoms with van der Waals surface area (Å²) in [5.41, 5.74) is 3.84. The van der Waals surface area contributed by atoms with Gasteiger partial charge in [-0.2, -0.15) is 5.10 Å². The van der Waals surface area contributed by atoms with Crippen LogP contribution in [0.15, 0.2) is 42.3 Å². The third-order valence-electron chi connectivity index (χ3n) is 4.23. The minimum absolute atomic E-state index is 0.0139. The van der Waals surface area contributed by atoms with E-state index in [4.69, 9.17) is 0 Å². The van der Waals surface area contributed by atoms with Gasteiger partial charge in [0.25, 0.3) is 0 Å². The highest BCUT2D eigenvalue weighted by Crippen LogP contribution is 2.27. The molecule has 4 rings (SSSR count). The fraction of sp³-hybridized carbons (Fsp3) is 0.222. The van der Waals surface area contributed by atoms with Crippen molar-refractivity contribution in [3.63, 3.8) is 0 Å². The van der Waals surface area contributed by atoms with Crippen LogP contribution < -0.4 is 0 Å². The summed E-state index contributed by atoms with van der Waals surface area (Å²) in [6.07, 6.45) is 9.57. The van der Waals surface area contributed by atoms with Crippen LogP contribution in [0.3, 0.4) is 0 Å². The van der Waals surface area contributed by atoms with E-state index in [1.165, 1.54) is 0 Å². The summed E-state index contributed by atoms with van der Waals surface area (Å²) in [5.74, 6) is 0.0139. The predicted molar refractivity (Wildman–Crippen MR) is 96.7 cm³/mol. The van der Waals surface area contributed by atoms with Gasteiger partial charge in [0.05, 0.1) is 17.6 Å². The second-order valence-corrected chi connectivity index (χ2v) is 6.89. The maximum atomic E-state index is 12.5. The number of thiophene rings is 1. The van der Waals surface area contributed by atoms with Gasteiger partial charge in [0, 0.05) is 54.8 Å². The number of amides is 1. The second kappa shape index (κ2) is 6.60. The molecule has 126 valence electrons. The molecule has 4 heterocycles. The predicted octanol–water partition coefficient (Wildman–Crippen LogP) is 2.54. The third-order valence-corrected chi connectivity index (χ3v) is 5.06. The van der Waals surface area contributed by atoms with E-state index in [1.807, 2.05) is 41.7 Å². The van der Waals surface area contributed by atoms with Crippen molar-refractivity contribution in [2.24, 2.45) is 7.05 Å². The zero-order chi connectivity index (χ0) is 17.2. The first-order valence-corrected chi connectivity index (χ1v) is 8.91. The number of fused-ring (bicyclic) bond motifs is 1. The number of hydrogen-bond donors (Lipinski definition) is 0. The van der Waals surface area contributed by atoms with E-state index < -0.39 is 0 Å². The number of aryl methyl sites for hydroxylation is 1. The van der Waals surface area contributed by atoms with Crippen molar-refractivity contribution in [1.29, 1.82) is 0 Å². The largest absolute Gasteiger partial charge is 0.334 e. The Hall–Kier alpha value is -2.80. The summed E-state index contributed by atoms with van der Waals surface area (Å²) in [6, 6.07) is 3.97. The summed E-state index contributed by atoms with van der Waals surface area (Å²) in [4.78, 5) is 24.3. The molecule has 1 amide bonds. The molecular weight excluding hydrogens is 334 g/mol. The fourth-order valence-corrected chi connectivity index (χ4v) is 3.58. The van der Waals surface area contributed by atoms with Crippen LogP contribution in [0.5, 0.6) is 0 Å². The molecule has 0 N–H and O–H groups in total. The highest BCUT2D eigenvalue weighted by Gasteiger charge is 2.24. The number of carbonyl (C=O) groups excluding carboxylic acids is 1. The number of hydrogen-bond acceptors (Lipinski definition) is 5. The number of nitrogens with zero attached hydrogens (tertiary/aromatic N) is 5. The third kappa shape index (κ3) is 3.23. The lowest BCUT2D eigenvalue weighted by Crippen LogP contribution is -2.35. The molecule has 25 heavy (non-hydrogen) atoms. The van der Waals surface area contributed by atoms with E-state index in [0.29, 0.717) is 13.1 Å². The van der Waals surface area contributed by atoms with E-state index in [2.05, 4.69) is 15.1 Å². The molecule has 1 aliphatic rings. The first-order chi connectivity index (χ1) is 12.2. The van der Waals surface area contributed by atoms with Gasteiger partial charge in [-0.3, -0.25) is 9.48 Å². The van der Waals surface area contributed by atoms with Crippen molar-refractivity contribution in [3.05, 3.63) is 58.4 Å². The number of carbonyl (C=O) groups is 1. The standard InChI is InChI=1S/C18H17N5OS/c1-22-10-13(9-21-22)18-15-11-23(7-6-16(15)19-12-20-18)17(24)5-4-14-3-2-8-25-14/h2-5,8-10,12H,6-7,11H2,1H3/b5-4+. The van der Waals surface area contributed by atoms with Crippen molar-refractivity contribution in [1.82, 2.24) is 24.6 Å². The molecule has 0 aromatic carbocycles. The maximum Gasteiger partial charge on any atom is 0.246 e. The van der Waals surface area contributed by atoms with E-state index in [9.17, 15) is 4.79 Å². The van der Waals surface area contributed by atoms with Crippen LogP contribution in [0, 0.1) is 0 Å². The molecule has 0 bridgehead atoms. The Balaban J connectivity index is 1.59. The minimum atomic E-state index is 0.0139. The van der Waals surface area contributed by atoms with Crippen LogP contribution in [0.25, 0.3) is 17.3 Å². The Labute approximate surface area is 149 Å². The van der Waals surface area contributed by atoms with Crippen molar-refractivity contribution >= 4 is 23.3 Å². The summed E-state index contributed by atoms with van der Waals surface area (Å²) < 4.78 is 1.75. The lowest BCUT2D eigenvalue weighted by molar-refractivity contribution is -0.126. The van der Waals surface area contributed by atoms with Crippen LogP contribution >= 0.6 is 11.3 Å². The quantitative estimate of drug-likeness (QED) is 0.680. The molecule has 0 unspecified atom stereocenters. The maximum absolute atomic E-state index is 12.5. The molecule has 0 saturated heterocycles. The Bertz CT molecular complexity index is 929. The highest BCUT2D eigenvalue weighted by atomic mass is 32.1. The van der Waals surface area contributed by atoms with Crippen LogP contribution in [0.2, 0.25) is 0 Å². The van der Waals surface area contributed by atoms with E-state index in [-0.39, 0.29) is 5.91 Å².